The van der Waals surface area contributed by atoms with E-state index in [4.69, 9.17) is 5.73 Å². The minimum absolute atomic E-state index is 0.0927. The summed E-state index contributed by atoms with van der Waals surface area (Å²) in [5.41, 5.74) is 7.65. The van der Waals surface area contributed by atoms with Gasteiger partial charge in [0.15, 0.2) is 0 Å². The SMILES string of the molecule is Nc1ccc(N2C(=O)C3CC3C2=O)c2cccnc12. The Balaban J connectivity index is 1.95. The van der Waals surface area contributed by atoms with Crippen LogP contribution in [0.1, 0.15) is 6.42 Å². The van der Waals surface area contributed by atoms with Crippen molar-refractivity contribution >= 4 is 34.1 Å². The molecule has 1 saturated heterocycles. The number of anilines is 2. The minimum Gasteiger partial charge on any atom is -0.397 e. The zero-order valence-electron chi connectivity index (χ0n) is 10.0. The molecule has 1 aliphatic carbocycles. The molecular formula is C14H11N3O2. The van der Waals surface area contributed by atoms with Crippen LogP contribution in [0.5, 0.6) is 0 Å². The number of benzene rings is 1. The van der Waals surface area contributed by atoms with Crippen molar-refractivity contribution in [2.75, 3.05) is 10.6 Å². The van der Waals surface area contributed by atoms with Crippen LogP contribution in [0.2, 0.25) is 0 Å². The molecule has 94 valence electrons. The van der Waals surface area contributed by atoms with Crippen LogP contribution in [0.4, 0.5) is 11.4 Å². The number of nitrogen functional groups attached to an aromatic ring is 1. The standard InChI is InChI=1S/C14H11N3O2/c15-10-3-4-11(7-2-1-5-16-12(7)10)17-13(18)8-6-9(8)14(17)19/h1-5,8-9H,6,15H2. The molecule has 19 heavy (non-hydrogen) atoms. The van der Waals surface area contributed by atoms with E-state index in [0.717, 1.165) is 5.39 Å². The van der Waals surface area contributed by atoms with E-state index in [1.165, 1.54) is 4.90 Å². The fraction of sp³-hybridized carbons (Fsp3) is 0.214. The molecule has 1 saturated carbocycles. The van der Waals surface area contributed by atoms with E-state index >= 15 is 0 Å². The highest BCUT2D eigenvalue weighted by atomic mass is 16.2. The van der Waals surface area contributed by atoms with Crippen LogP contribution < -0.4 is 10.6 Å². The number of fused-ring (bicyclic) bond motifs is 2. The normalized spacial score (nSPS) is 24.9. The lowest BCUT2D eigenvalue weighted by molar-refractivity contribution is -0.123. The summed E-state index contributed by atoms with van der Waals surface area (Å²) in [5, 5.41) is 0.741. The molecule has 0 spiro atoms. The van der Waals surface area contributed by atoms with Gasteiger partial charge in [0.05, 0.1) is 28.7 Å². The molecule has 0 radical (unpaired) electrons. The van der Waals surface area contributed by atoms with E-state index < -0.39 is 0 Å². The van der Waals surface area contributed by atoms with E-state index in [1.54, 1.807) is 24.4 Å². The molecule has 2 atom stereocenters. The molecule has 1 aromatic heterocycles. The number of pyridine rings is 1. The molecule has 1 aromatic carbocycles. The van der Waals surface area contributed by atoms with Gasteiger partial charge in [-0.1, -0.05) is 0 Å². The number of carbonyl (C=O) groups excluding carboxylic acids is 2. The Morgan fingerprint density at radius 3 is 2.63 bits per heavy atom. The second kappa shape index (κ2) is 3.32. The maximum Gasteiger partial charge on any atom is 0.237 e. The Morgan fingerprint density at radius 1 is 1.16 bits per heavy atom. The highest BCUT2D eigenvalue weighted by molar-refractivity contribution is 6.27. The fourth-order valence-electron chi connectivity index (χ4n) is 2.79. The predicted octanol–water partition coefficient (Wildman–Crippen LogP) is 1.33. The maximum atomic E-state index is 12.1. The Bertz CT molecular complexity index is 721. The van der Waals surface area contributed by atoms with Crippen molar-refractivity contribution in [3.05, 3.63) is 30.5 Å². The van der Waals surface area contributed by atoms with Gasteiger partial charge >= 0.3 is 0 Å². The van der Waals surface area contributed by atoms with Gasteiger partial charge in [-0.3, -0.25) is 14.6 Å². The van der Waals surface area contributed by atoms with Crippen LogP contribution in [-0.4, -0.2) is 16.8 Å². The predicted molar refractivity (Wildman–Crippen MR) is 70.2 cm³/mol. The second-order valence-electron chi connectivity index (χ2n) is 5.03. The Hall–Kier alpha value is -2.43. The van der Waals surface area contributed by atoms with E-state index in [1.807, 2.05) is 6.07 Å². The Kier molecular flexibility index (Phi) is 1.83. The average molecular weight is 253 g/mol. The third-order valence-electron chi connectivity index (χ3n) is 3.88. The fourth-order valence-corrected chi connectivity index (χ4v) is 2.79. The molecule has 2 fully saturated rings. The summed E-state index contributed by atoms with van der Waals surface area (Å²) >= 11 is 0. The van der Waals surface area contributed by atoms with Crippen LogP contribution in [0.15, 0.2) is 30.5 Å². The number of amides is 2. The molecule has 2 aliphatic rings. The molecule has 0 bridgehead atoms. The van der Waals surface area contributed by atoms with Gasteiger partial charge in [0.25, 0.3) is 0 Å². The Morgan fingerprint density at radius 2 is 1.89 bits per heavy atom. The minimum atomic E-state index is -0.100. The van der Waals surface area contributed by atoms with Gasteiger partial charge in [-0.25, -0.2) is 4.90 Å². The topological polar surface area (TPSA) is 76.3 Å². The van der Waals surface area contributed by atoms with Crippen molar-refractivity contribution < 1.29 is 9.59 Å². The smallest absolute Gasteiger partial charge is 0.237 e. The first-order chi connectivity index (χ1) is 9.18. The first kappa shape index (κ1) is 10.5. The van der Waals surface area contributed by atoms with Crippen LogP contribution >= 0.6 is 0 Å². The van der Waals surface area contributed by atoms with E-state index in [9.17, 15) is 9.59 Å². The lowest BCUT2D eigenvalue weighted by Crippen LogP contribution is -2.32. The zero-order chi connectivity index (χ0) is 13.1. The summed E-state index contributed by atoms with van der Waals surface area (Å²) in [5.74, 6) is -0.386. The summed E-state index contributed by atoms with van der Waals surface area (Å²) in [6.07, 6.45) is 2.35. The van der Waals surface area contributed by atoms with E-state index in [-0.39, 0.29) is 23.7 Å². The molecule has 4 rings (SSSR count). The highest BCUT2D eigenvalue weighted by Crippen LogP contribution is 2.49. The largest absolute Gasteiger partial charge is 0.397 e. The number of carbonyl (C=O) groups is 2. The van der Waals surface area contributed by atoms with Gasteiger partial charge in [-0.05, 0) is 30.7 Å². The first-order valence-corrected chi connectivity index (χ1v) is 6.19. The van der Waals surface area contributed by atoms with Crippen molar-refractivity contribution in [1.82, 2.24) is 4.98 Å². The van der Waals surface area contributed by atoms with Gasteiger partial charge < -0.3 is 5.73 Å². The number of piperidine rings is 1. The third kappa shape index (κ3) is 1.27. The van der Waals surface area contributed by atoms with Crippen LogP contribution in [0, 0.1) is 11.8 Å². The number of hydrogen-bond donors (Lipinski definition) is 1. The molecule has 2 N–H and O–H groups in total. The number of hydrogen-bond acceptors (Lipinski definition) is 4. The van der Waals surface area contributed by atoms with Crippen molar-refractivity contribution in [2.24, 2.45) is 11.8 Å². The number of nitrogens with two attached hydrogens (primary N) is 1. The van der Waals surface area contributed by atoms with Gasteiger partial charge in [-0.15, -0.1) is 0 Å². The van der Waals surface area contributed by atoms with Crippen LogP contribution in [-0.2, 0) is 9.59 Å². The van der Waals surface area contributed by atoms with Gasteiger partial charge in [0.1, 0.15) is 0 Å². The monoisotopic (exact) mass is 253 g/mol. The van der Waals surface area contributed by atoms with E-state index in [0.29, 0.717) is 23.3 Å². The molecule has 2 aromatic rings. The average Bonchev–Trinajstić information content (AvgIpc) is 3.17. The molecule has 2 amide bonds. The van der Waals surface area contributed by atoms with Crippen molar-refractivity contribution in [2.45, 2.75) is 6.42 Å². The van der Waals surface area contributed by atoms with Crippen molar-refractivity contribution in [3.8, 4) is 0 Å². The summed E-state index contributed by atoms with van der Waals surface area (Å²) in [6, 6.07) is 7.02. The quantitative estimate of drug-likeness (QED) is 0.614. The van der Waals surface area contributed by atoms with Gasteiger partial charge in [0, 0.05) is 11.6 Å². The van der Waals surface area contributed by atoms with Gasteiger partial charge in [0.2, 0.25) is 11.8 Å². The Labute approximate surface area is 109 Å². The lowest BCUT2D eigenvalue weighted by atomic mass is 10.1. The second-order valence-corrected chi connectivity index (χ2v) is 5.03. The van der Waals surface area contributed by atoms with E-state index in [2.05, 4.69) is 4.98 Å². The first-order valence-electron chi connectivity index (χ1n) is 6.19. The summed E-state index contributed by atoms with van der Waals surface area (Å²) in [7, 11) is 0. The van der Waals surface area contributed by atoms with Crippen molar-refractivity contribution in [1.29, 1.82) is 0 Å². The maximum absolute atomic E-state index is 12.1. The summed E-state index contributed by atoms with van der Waals surface area (Å²) < 4.78 is 0. The van der Waals surface area contributed by atoms with Crippen molar-refractivity contribution in [3.63, 3.8) is 0 Å². The number of nitrogens with zero attached hydrogens (tertiary/aromatic N) is 2. The third-order valence-corrected chi connectivity index (χ3v) is 3.88. The molecule has 5 nitrogen and oxygen atoms in total. The summed E-state index contributed by atoms with van der Waals surface area (Å²) in [6.45, 7) is 0. The zero-order valence-corrected chi connectivity index (χ0v) is 10.0. The molecule has 5 heteroatoms. The van der Waals surface area contributed by atoms with Gasteiger partial charge in [-0.2, -0.15) is 0 Å². The lowest BCUT2D eigenvalue weighted by Gasteiger charge is -2.18. The number of rotatable bonds is 1. The number of aromatic nitrogens is 1. The molecule has 2 heterocycles. The molecule has 1 aliphatic heterocycles. The number of imide groups is 1. The van der Waals surface area contributed by atoms with Crippen LogP contribution in [0.25, 0.3) is 10.9 Å². The summed E-state index contributed by atoms with van der Waals surface area (Å²) in [4.78, 5) is 29.8. The molecule has 2 unspecified atom stereocenters. The highest BCUT2D eigenvalue weighted by Gasteiger charge is 2.59. The molecular weight excluding hydrogens is 242 g/mol. The van der Waals surface area contributed by atoms with Crippen LogP contribution in [0.3, 0.4) is 0 Å².